The lowest BCUT2D eigenvalue weighted by Crippen LogP contribution is -2.00. The predicted octanol–water partition coefficient (Wildman–Crippen LogP) is 2.56. The molecule has 1 rings (SSSR count). The van der Waals surface area contributed by atoms with E-state index in [9.17, 15) is 9.32 Å². The van der Waals surface area contributed by atoms with Gasteiger partial charge in [0.05, 0.1) is 13.2 Å². The summed E-state index contributed by atoms with van der Waals surface area (Å²) in [7, 11) is 0. The Morgan fingerprint density at radius 3 is 2.47 bits per heavy atom. The fourth-order valence-corrected chi connectivity index (χ4v) is 1.09. The van der Waals surface area contributed by atoms with Crippen LogP contribution in [0.1, 0.15) is 23.7 Å². The van der Waals surface area contributed by atoms with E-state index in [1.54, 1.807) is 24.3 Å². The van der Waals surface area contributed by atoms with Crippen molar-refractivity contribution in [2.24, 2.45) is 0 Å². The van der Waals surface area contributed by atoms with E-state index in [0.717, 1.165) is 0 Å². The van der Waals surface area contributed by atoms with Gasteiger partial charge in [-0.05, 0) is 35.7 Å². The summed E-state index contributed by atoms with van der Waals surface area (Å²) in [5.74, 6) is 0.686. The lowest BCUT2D eigenvalue weighted by Gasteiger charge is -2.05. The van der Waals surface area contributed by atoms with E-state index in [-0.39, 0.29) is 12.4 Å². The van der Waals surface area contributed by atoms with Crippen LogP contribution in [0.15, 0.2) is 24.3 Å². The van der Waals surface area contributed by atoms with E-state index in [1.807, 2.05) is 0 Å². The molecule has 4 heteroatoms. The number of ether oxygens (including phenoxy) is 1. The van der Waals surface area contributed by atoms with Crippen molar-refractivity contribution in [3.8, 4) is 5.75 Å². The van der Waals surface area contributed by atoms with Gasteiger partial charge in [-0.25, -0.2) is 0 Å². The number of hydrogen-bond acceptors (Lipinski definition) is 3. The molecule has 0 aliphatic rings. The average molecular weight is 212 g/mol. The van der Waals surface area contributed by atoms with E-state index in [0.29, 0.717) is 24.3 Å². The molecule has 0 saturated carbocycles. The van der Waals surface area contributed by atoms with Crippen molar-refractivity contribution in [2.45, 2.75) is 13.3 Å². The maximum absolute atomic E-state index is 11.3. The fourth-order valence-electron chi connectivity index (χ4n) is 1.09. The molecule has 15 heavy (non-hydrogen) atoms. The number of ketones is 1. The summed E-state index contributed by atoms with van der Waals surface area (Å²) in [6, 6.07) is 6.83. The summed E-state index contributed by atoms with van der Waals surface area (Å²) in [5, 5.41) is 0. The van der Waals surface area contributed by atoms with E-state index < -0.39 is 0 Å². The summed E-state index contributed by atoms with van der Waals surface area (Å²) in [6.45, 7) is 1.93. The van der Waals surface area contributed by atoms with Gasteiger partial charge in [0.15, 0.2) is 5.78 Å². The number of halogens is 1. The van der Waals surface area contributed by atoms with Gasteiger partial charge in [0.25, 0.3) is 0 Å². The summed E-state index contributed by atoms with van der Waals surface area (Å²) < 4.78 is 16.6. The van der Waals surface area contributed by atoms with E-state index in [1.165, 1.54) is 6.92 Å². The first-order chi connectivity index (χ1) is 7.24. The Kier molecular flexibility index (Phi) is 4.77. The number of rotatable bonds is 6. The van der Waals surface area contributed by atoms with E-state index in [2.05, 4.69) is 4.94 Å². The summed E-state index contributed by atoms with van der Waals surface area (Å²) in [4.78, 5) is 14.4. The maximum atomic E-state index is 11.3. The average Bonchev–Trinajstić information content (AvgIpc) is 2.25. The first kappa shape index (κ1) is 11.7. The Balaban J connectivity index is 2.39. The van der Waals surface area contributed by atoms with Crippen LogP contribution in [-0.2, 0) is 4.94 Å². The lowest BCUT2D eigenvalue weighted by molar-refractivity contribution is -0.134. The van der Waals surface area contributed by atoms with Crippen LogP contribution in [0.25, 0.3) is 0 Å². The van der Waals surface area contributed by atoms with Crippen LogP contribution in [-0.4, -0.2) is 19.0 Å². The molecule has 1 aromatic rings. The number of benzene rings is 1. The van der Waals surface area contributed by atoms with E-state index in [4.69, 9.17) is 4.74 Å². The van der Waals surface area contributed by atoms with Gasteiger partial charge in [0.1, 0.15) is 5.75 Å². The molecule has 0 aliphatic carbocycles. The lowest BCUT2D eigenvalue weighted by atomic mass is 10.1. The second-order valence-corrected chi connectivity index (χ2v) is 3.10. The van der Waals surface area contributed by atoms with Crippen LogP contribution in [0.2, 0.25) is 0 Å². The Morgan fingerprint density at radius 2 is 1.93 bits per heavy atom. The van der Waals surface area contributed by atoms with Crippen LogP contribution in [0.3, 0.4) is 0 Å². The van der Waals surface area contributed by atoms with Crippen molar-refractivity contribution in [3.63, 3.8) is 0 Å². The minimum Gasteiger partial charge on any atom is -0.494 e. The molecule has 0 spiro atoms. The van der Waals surface area contributed by atoms with Gasteiger partial charge in [0.2, 0.25) is 0 Å². The first-order valence-corrected chi connectivity index (χ1v) is 4.71. The summed E-state index contributed by atoms with van der Waals surface area (Å²) in [6.07, 6.45) is 0.491. The normalized spacial score (nSPS) is 10.0. The van der Waals surface area contributed by atoms with Crippen molar-refractivity contribution in [2.75, 3.05) is 13.2 Å². The highest BCUT2D eigenvalue weighted by molar-refractivity contribution is 5.94. The minimum atomic E-state index is 0.0207. The monoisotopic (exact) mass is 212 g/mol. The van der Waals surface area contributed by atoms with Gasteiger partial charge in [-0.1, -0.05) is 0 Å². The molecule has 0 saturated heterocycles. The van der Waals surface area contributed by atoms with E-state index >= 15 is 0 Å². The molecule has 0 unspecified atom stereocenters. The highest BCUT2D eigenvalue weighted by Crippen LogP contribution is 2.12. The predicted molar refractivity (Wildman–Crippen MR) is 53.6 cm³/mol. The Morgan fingerprint density at radius 1 is 1.27 bits per heavy atom. The molecule has 0 aliphatic heterocycles. The quantitative estimate of drug-likeness (QED) is 0.537. The molecule has 0 amide bonds. The van der Waals surface area contributed by atoms with Crippen molar-refractivity contribution < 1.29 is 19.0 Å². The third-order valence-electron chi connectivity index (χ3n) is 1.90. The van der Waals surface area contributed by atoms with Crippen LogP contribution >= 0.6 is 0 Å². The first-order valence-electron chi connectivity index (χ1n) is 4.71. The molecular weight excluding hydrogens is 199 g/mol. The van der Waals surface area contributed by atoms with Gasteiger partial charge in [0, 0.05) is 12.0 Å². The third kappa shape index (κ3) is 4.08. The molecule has 0 aromatic heterocycles. The van der Waals surface area contributed by atoms with Crippen molar-refractivity contribution in [1.82, 2.24) is 0 Å². The molecule has 0 fully saturated rings. The van der Waals surface area contributed by atoms with Crippen LogP contribution in [0.5, 0.6) is 5.75 Å². The van der Waals surface area contributed by atoms with Crippen molar-refractivity contribution in [1.29, 1.82) is 0 Å². The van der Waals surface area contributed by atoms with Gasteiger partial charge < -0.3 is 4.74 Å². The Bertz CT molecular complexity index is 308. The van der Waals surface area contributed by atoms with Gasteiger partial charge in [-0.3, -0.25) is 4.79 Å². The SMILES string of the molecule is CC(=O)c1ccc(OCCCOF)cc1. The zero-order valence-electron chi connectivity index (χ0n) is 8.53. The van der Waals surface area contributed by atoms with Crippen LogP contribution in [0.4, 0.5) is 4.53 Å². The second kappa shape index (κ2) is 6.14. The number of carbonyl (C=O) groups excluding carboxylic acids is 1. The van der Waals surface area contributed by atoms with Gasteiger partial charge in [-0.2, -0.15) is 4.94 Å². The molecule has 0 radical (unpaired) electrons. The van der Waals surface area contributed by atoms with Gasteiger partial charge >= 0.3 is 0 Å². The second-order valence-electron chi connectivity index (χ2n) is 3.10. The Hall–Kier alpha value is -1.42. The molecular formula is C11H13FO3. The van der Waals surface area contributed by atoms with Crippen molar-refractivity contribution >= 4 is 5.78 Å². The minimum absolute atomic E-state index is 0.0207. The molecule has 82 valence electrons. The molecule has 0 heterocycles. The molecule has 0 atom stereocenters. The highest BCUT2D eigenvalue weighted by Gasteiger charge is 1.99. The maximum Gasteiger partial charge on any atom is 0.159 e. The van der Waals surface area contributed by atoms with Crippen molar-refractivity contribution in [3.05, 3.63) is 29.8 Å². The molecule has 0 N–H and O–H groups in total. The number of hydrogen-bond donors (Lipinski definition) is 0. The number of Topliss-reactive ketones (excluding diaryl/α,β-unsaturated/α-hetero) is 1. The largest absolute Gasteiger partial charge is 0.494 e. The Labute approximate surface area is 87.7 Å². The molecule has 1 aromatic carbocycles. The fraction of sp³-hybridized carbons (Fsp3) is 0.364. The standard InChI is InChI=1S/C11H13FO3/c1-9(13)10-3-5-11(6-4-10)14-7-2-8-15-12/h3-6H,2,7-8H2,1H3. The van der Waals surface area contributed by atoms with Crippen LogP contribution < -0.4 is 4.74 Å². The third-order valence-corrected chi connectivity index (χ3v) is 1.90. The molecule has 0 bridgehead atoms. The topological polar surface area (TPSA) is 35.5 Å². The zero-order chi connectivity index (χ0) is 11.1. The van der Waals surface area contributed by atoms with Gasteiger partial charge in [-0.15, -0.1) is 0 Å². The number of carbonyl (C=O) groups is 1. The van der Waals surface area contributed by atoms with Crippen LogP contribution in [0, 0.1) is 0 Å². The zero-order valence-corrected chi connectivity index (χ0v) is 8.53. The highest BCUT2D eigenvalue weighted by atomic mass is 19.3. The molecule has 3 nitrogen and oxygen atoms in total. The summed E-state index contributed by atoms with van der Waals surface area (Å²) >= 11 is 0. The summed E-state index contributed by atoms with van der Waals surface area (Å²) in [5.41, 5.74) is 0.648. The smallest absolute Gasteiger partial charge is 0.159 e.